The third kappa shape index (κ3) is 3.16. The molecule has 6 heteroatoms. The Balaban J connectivity index is 1.95. The second kappa shape index (κ2) is 5.95. The van der Waals surface area contributed by atoms with Crippen molar-refractivity contribution in [3.05, 3.63) is 41.8 Å². The van der Waals surface area contributed by atoms with Gasteiger partial charge in [0, 0.05) is 11.6 Å². The number of carbonyl (C=O) groups is 2. The molecule has 0 spiro atoms. The topological polar surface area (TPSA) is 79.3 Å². The summed E-state index contributed by atoms with van der Waals surface area (Å²) < 4.78 is 13.8. The van der Waals surface area contributed by atoms with Crippen LogP contribution in [0.2, 0.25) is 0 Å². The highest BCUT2D eigenvalue weighted by Crippen LogP contribution is 2.33. The molecule has 0 aliphatic heterocycles. The van der Waals surface area contributed by atoms with Crippen molar-refractivity contribution >= 4 is 22.8 Å². The Hall–Kier alpha value is -2.50. The number of amides is 1. The first kappa shape index (κ1) is 15.4. The molecule has 1 heterocycles. The van der Waals surface area contributed by atoms with E-state index in [0.717, 1.165) is 18.9 Å². The van der Waals surface area contributed by atoms with Crippen LogP contribution in [0.3, 0.4) is 0 Å². The number of nitrogens with zero attached hydrogens (tertiary/aromatic N) is 1. The summed E-state index contributed by atoms with van der Waals surface area (Å²) in [5, 5.41) is 12.5. The summed E-state index contributed by atoms with van der Waals surface area (Å²) in [5.74, 6) is -1.94. The number of hydrogen-bond donors (Lipinski definition) is 2. The minimum absolute atomic E-state index is 0.126. The zero-order chi connectivity index (χ0) is 16.4. The van der Waals surface area contributed by atoms with Crippen LogP contribution >= 0.6 is 0 Å². The Morgan fingerprint density at radius 1 is 1.30 bits per heavy atom. The average molecular weight is 316 g/mol. The highest BCUT2D eigenvalue weighted by atomic mass is 19.1. The molecular weight excluding hydrogens is 299 g/mol. The van der Waals surface area contributed by atoms with E-state index in [4.69, 9.17) is 5.11 Å². The molecule has 1 saturated carbocycles. The lowest BCUT2D eigenvalue weighted by molar-refractivity contribution is -0.138. The molecular formula is C17H17FN2O3. The maximum atomic E-state index is 13.8. The smallest absolute Gasteiger partial charge is 0.305 e. The Morgan fingerprint density at radius 3 is 2.74 bits per heavy atom. The molecule has 0 bridgehead atoms. The second-order valence-electron chi connectivity index (χ2n) is 6.04. The molecule has 2 N–H and O–H groups in total. The first-order valence-corrected chi connectivity index (χ1v) is 7.58. The third-order valence-corrected chi connectivity index (χ3v) is 4.34. The van der Waals surface area contributed by atoms with Gasteiger partial charge in [0.2, 0.25) is 0 Å². The number of fused-ring (bicyclic) bond motifs is 1. The maximum absolute atomic E-state index is 13.8. The number of benzene rings is 1. The van der Waals surface area contributed by atoms with Crippen molar-refractivity contribution in [1.82, 2.24) is 10.3 Å². The van der Waals surface area contributed by atoms with Gasteiger partial charge in [0.1, 0.15) is 5.82 Å². The van der Waals surface area contributed by atoms with Gasteiger partial charge in [0.25, 0.3) is 5.91 Å². The second-order valence-corrected chi connectivity index (χ2v) is 6.04. The van der Waals surface area contributed by atoms with Gasteiger partial charge >= 0.3 is 5.97 Å². The van der Waals surface area contributed by atoms with Gasteiger partial charge in [0.15, 0.2) is 0 Å². The number of aliphatic carboxylic acids is 1. The molecule has 0 radical (unpaired) electrons. The van der Waals surface area contributed by atoms with Gasteiger partial charge in [-0.15, -0.1) is 0 Å². The summed E-state index contributed by atoms with van der Waals surface area (Å²) in [6.07, 6.45) is 4.39. The largest absolute Gasteiger partial charge is 0.481 e. The van der Waals surface area contributed by atoms with Crippen LogP contribution in [0.15, 0.2) is 30.5 Å². The van der Waals surface area contributed by atoms with Crippen molar-refractivity contribution in [2.45, 2.75) is 37.6 Å². The molecule has 1 aromatic heterocycles. The molecule has 0 unspecified atom stereocenters. The van der Waals surface area contributed by atoms with E-state index in [1.807, 2.05) is 0 Å². The van der Waals surface area contributed by atoms with Crippen molar-refractivity contribution in [2.24, 2.45) is 0 Å². The summed E-state index contributed by atoms with van der Waals surface area (Å²) in [4.78, 5) is 27.9. The number of halogens is 1. The van der Waals surface area contributed by atoms with Crippen LogP contribution in [0.1, 0.15) is 42.5 Å². The Kier molecular flexibility index (Phi) is 3.98. The van der Waals surface area contributed by atoms with E-state index < -0.39 is 23.2 Å². The molecule has 1 fully saturated rings. The van der Waals surface area contributed by atoms with E-state index in [2.05, 4.69) is 10.3 Å². The van der Waals surface area contributed by atoms with Crippen LogP contribution in [0.5, 0.6) is 0 Å². The minimum Gasteiger partial charge on any atom is -0.481 e. The van der Waals surface area contributed by atoms with Crippen LogP contribution in [0.4, 0.5) is 4.39 Å². The standard InChI is InChI=1S/C17H17FN2O3/c18-12-8-11-4-3-7-19-15(11)13(9-12)16(23)20-17(10-14(21)22)5-1-2-6-17/h3-4,7-9H,1-2,5-6,10H2,(H,20,23)(H,21,22). The van der Waals surface area contributed by atoms with E-state index in [1.165, 1.54) is 6.07 Å². The van der Waals surface area contributed by atoms with Gasteiger partial charge in [0.05, 0.1) is 23.0 Å². The fourth-order valence-corrected chi connectivity index (χ4v) is 3.32. The number of carboxylic acid groups (broad SMARTS) is 1. The van der Waals surface area contributed by atoms with E-state index in [0.29, 0.717) is 23.7 Å². The molecule has 23 heavy (non-hydrogen) atoms. The van der Waals surface area contributed by atoms with Crippen LogP contribution in [0.25, 0.3) is 10.9 Å². The quantitative estimate of drug-likeness (QED) is 0.909. The monoisotopic (exact) mass is 316 g/mol. The van der Waals surface area contributed by atoms with Gasteiger partial charge in [-0.1, -0.05) is 18.9 Å². The van der Waals surface area contributed by atoms with E-state index in [9.17, 15) is 14.0 Å². The molecule has 1 amide bonds. The summed E-state index contributed by atoms with van der Waals surface area (Å²) in [7, 11) is 0. The molecule has 1 aliphatic carbocycles. The van der Waals surface area contributed by atoms with Gasteiger partial charge in [-0.2, -0.15) is 0 Å². The SMILES string of the molecule is O=C(O)CC1(NC(=O)c2cc(F)cc3cccnc23)CCCC1. The van der Waals surface area contributed by atoms with Crippen molar-refractivity contribution in [2.75, 3.05) is 0 Å². The van der Waals surface area contributed by atoms with Crippen molar-refractivity contribution in [3.8, 4) is 0 Å². The summed E-state index contributed by atoms with van der Waals surface area (Å²) >= 11 is 0. The highest BCUT2D eigenvalue weighted by Gasteiger charge is 2.38. The molecule has 0 atom stereocenters. The number of hydrogen-bond acceptors (Lipinski definition) is 3. The first-order chi connectivity index (χ1) is 11.0. The zero-order valence-corrected chi connectivity index (χ0v) is 12.5. The molecule has 2 aromatic rings. The number of aromatic nitrogens is 1. The van der Waals surface area contributed by atoms with Gasteiger partial charge < -0.3 is 10.4 Å². The van der Waals surface area contributed by atoms with Gasteiger partial charge in [-0.05, 0) is 31.0 Å². The lowest BCUT2D eigenvalue weighted by Crippen LogP contribution is -2.47. The van der Waals surface area contributed by atoms with E-state index >= 15 is 0 Å². The lowest BCUT2D eigenvalue weighted by atomic mass is 9.92. The zero-order valence-electron chi connectivity index (χ0n) is 12.5. The predicted octanol–water partition coefficient (Wildman–Crippen LogP) is 2.89. The number of nitrogens with one attached hydrogen (secondary N) is 1. The molecule has 1 aliphatic rings. The number of pyridine rings is 1. The first-order valence-electron chi connectivity index (χ1n) is 7.58. The van der Waals surface area contributed by atoms with Crippen LogP contribution in [0, 0.1) is 5.82 Å². The summed E-state index contributed by atoms with van der Waals surface area (Å²) in [6.45, 7) is 0. The molecule has 1 aromatic carbocycles. The van der Waals surface area contributed by atoms with Crippen LogP contribution in [-0.4, -0.2) is 27.5 Å². The van der Waals surface area contributed by atoms with Crippen LogP contribution in [-0.2, 0) is 4.79 Å². The van der Waals surface area contributed by atoms with Crippen molar-refractivity contribution in [1.29, 1.82) is 0 Å². The third-order valence-electron chi connectivity index (χ3n) is 4.34. The average Bonchev–Trinajstić information content (AvgIpc) is 2.93. The predicted molar refractivity (Wildman–Crippen MR) is 82.6 cm³/mol. The maximum Gasteiger partial charge on any atom is 0.305 e. The minimum atomic E-state index is -0.950. The number of carboxylic acids is 1. The molecule has 0 saturated heterocycles. The number of carbonyl (C=O) groups excluding carboxylic acids is 1. The Morgan fingerprint density at radius 2 is 2.04 bits per heavy atom. The fourth-order valence-electron chi connectivity index (χ4n) is 3.32. The Bertz CT molecular complexity index is 770. The van der Waals surface area contributed by atoms with E-state index in [-0.39, 0.29) is 12.0 Å². The fraction of sp³-hybridized carbons (Fsp3) is 0.353. The summed E-state index contributed by atoms with van der Waals surface area (Å²) in [6, 6.07) is 5.83. The van der Waals surface area contributed by atoms with Gasteiger partial charge in [-0.3, -0.25) is 14.6 Å². The normalized spacial score (nSPS) is 16.4. The molecule has 3 rings (SSSR count). The van der Waals surface area contributed by atoms with Crippen LogP contribution < -0.4 is 5.32 Å². The Labute approximate surface area is 132 Å². The molecule has 120 valence electrons. The van der Waals surface area contributed by atoms with Crippen molar-refractivity contribution in [3.63, 3.8) is 0 Å². The highest BCUT2D eigenvalue weighted by molar-refractivity contribution is 6.05. The lowest BCUT2D eigenvalue weighted by Gasteiger charge is -2.28. The van der Waals surface area contributed by atoms with Gasteiger partial charge in [-0.25, -0.2) is 4.39 Å². The van der Waals surface area contributed by atoms with E-state index in [1.54, 1.807) is 18.3 Å². The summed E-state index contributed by atoms with van der Waals surface area (Å²) in [5.41, 5.74) is -0.205. The van der Waals surface area contributed by atoms with Crippen molar-refractivity contribution < 1.29 is 19.1 Å². The number of rotatable bonds is 4. The molecule has 5 nitrogen and oxygen atoms in total.